The normalized spacial score (nSPS) is 14.6. The molecule has 1 aromatic carbocycles. The number of hydrogen-bond acceptors (Lipinski definition) is 5. The number of aliphatic carboxylic acids is 1. The number of hydrogen-bond donors (Lipinski definition) is 2. The molecule has 21 heavy (non-hydrogen) atoms. The minimum Gasteiger partial charge on any atom is -0.480 e. The first-order valence-electron chi connectivity index (χ1n) is 6.58. The third-order valence-electron chi connectivity index (χ3n) is 3.10. The first kappa shape index (κ1) is 18.0. The van der Waals surface area contributed by atoms with Gasteiger partial charge in [0.1, 0.15) is 5.54 Å². The highest BCUT2D eigenvalue weighted by atomic mass is 32.2. The zero-order valence-corrected chi connectivity index (χ0v) is 13.8. The molecule has 0 saturated heterocycles. The van der Waals surface area contributed by atoms with E-state index in [1.807, 2.05) is 0 Å². The maximum Gasteiger partial charge on any atom is 0.323 e. The van der Waals surface area contributed by atoms with Crippen LogP contribution in [0.25, 0.3) is 0 Å². The molecular weight excluding hydrogens is 310 g/mol. The third-order valence-corrected chi connectivity index (χ3v) is 5.33. The molecule has 0 spiro atoms. The van der Waals surface area contributed by atoms with Crippen molar-refractivity contribution in [2.24, 2.45) is 5.73 Å². The zero-order valence-electron chi connectivity index (χ0n) is 12.2. The summed E-state index contributed by atoms with van der Waals surface area (Å²) in [6.45, 7) is 1.52. The van der Waals surface area contributed by atoms with Crippen LogP contribution in [0.5, 0.6) is 0 Å². The van der Waals surface area contributed by atoms with Gasteiger partial charge < -0.3 is 10.8 Å². The van der Waals surface area contributed by atoms with Crippen molar-refractivity contribution >= 4 is 27.6 Å². The second-order valence-corrected chi connectivity index (χ2v) is 8.46. The van der Waals surface area contributed by atoms with Crippen LogP contribution in [0.2, 0.25) is 0 Å². The fraction of sp³-hybridized carbons (Fsp3) is 0.500. The van der Waals surface area contributed by atoms with Gasteiger partial charge >= 0.3 is 5.97 Å². The van der Waals surface area contributed by atoms with Crippen molar-refractivity contribution in [1.82, 2.24) is 0 Å². The lowest BCUT2D eigenvalue weighted by Gasteiger charge is -2.18. The van der Waals surface area contributed by atoms with Gasteiger partial charge in [-0.2, -0.15) is 0 Å². The van der Waals surface area contributed by atoms with E-state index in [1.54, 1.807) is 36.0 Å². The molecule has 1 unspecified atom stereocenters. The average Bonchev–Trinajstić information content (AvgIpc) is 2.37. The van der Waals surface area contributed by atoms with Crippen molar-refractivity contribution in [3.63, 3.8) is 0 Å². The lowest BCUT2D eigenvalue weighted by atomic mass is 9.97. The Morgan fingerprint density at radius 2 is 1.86 bits per heavy atom. The molecule has 0 aliphatic heterocycles. The standard InChI is InChI=1S/C14H21NO4S2/c1-14(15,13(16)17)9-3-4-10-20-11-5-7-12(8-6-11)21(2,18)19/h5-8H,3-4,9-10,15H2,1-2H3,(H,16,17). The second-order valence-electron chi connectivity index (χ2n) is 5.27. The van der Waals surface area contributed by atoms with E-state index < -0.39 is 21.3 Å². The number of carbonyl (C=O) groups is 1. The summed E-state index contributed by atoms with van der Waals surface area (Å²) in [5, 5.41) is 8.89. The Morgan fingerprint density at radius 1 is 1.29 bits per heavy atom. The summed E-state index contributed by atoms with van der Waals surface area (Å²) in [6.07, 6.45) is 3.23. The van der Waals surface area contributed by atoms with Gasteiger partial charge in [0.2, 0.25) is 0 Å². The first-order valence-corrected chi connectivity index (χ1v) is 9.46. The maximum atomic E-state index is 11.3. The van der Waals surface area contributed by atoms with Crippen molar-refractivity contribution in [1.29, 1.82) is 0 Å². The number of sulfone groups is 1. The molecule has 0 fully saturated rings. The molecule has 0 bridgehead atoms. The van der Waals surface area contributed by atoms with Crippen LogP contribution in [-0.4, -0.2) is 37.0 Å². The van der Waals surface area contributed by atoms with Gasteiger partial charge in [0, 0.05) is 11.2 Å². The Labute approximate surface area is 129 Å². The molecule has 1 atom stereocenters. The number of rotatable bonds is 8. The van der Waals surface area contributed by atoms with Gasteiger partial charge in [-0.25, -0.2) is 8.42 Å². The van der Waals surface area contributed by atoms with E-state index in [4.69, 9.17) is 10.8 Å². The molecule has 0 aliphatic carbocycles. The van der Waals surface area contributed by atoms with Crippen molar-refractivity contribution in [3.05, 3.63) is 24.3 Å². The quantitative estimate of drug-likeness (QED) is 0.559. The fourth-order valence-electron chi connectivity index (χ4n) is 1.67. The summed E-state index contributed by atoms with van der Waals surface area (Å²) in [5.41, 5.74) is 4.48. The van der Waals surface area contributed by atoms with Gasteiger partial charge in [0.25, 0.3) is 0 Å². The topological polar surface area (TPSA) is 97.5 Å². The molecule has 3 N–H and O–H groups in total. The van der Waals surface area contributed by atoms with Crippen molar-refractivity contribution in [2.75, 3.05) is 12.0 Å². The Morgan fingerprint density at radius 3 is 2.33 bits per heavy atom. The molecular formula is C14H21NO4S2. The minimum absolute atomic E-state index is 0.312. The van der Waals surface area contributed by atoms with Crippen molar-refractivity contribution in [2.45, 2.75) is 41.5 Å². The average molecular weight is 331 g/mol. The monoisotopic (exact) mass is 331 g/mol. The molecule has 7 heteroatoms. The van der Waals surface area contributed by atoms with Crippen LogP contribution in [0, 0.1) is 0 Å². The van der Waals surface area contributed by atoms with E-state index in [0.717, 1.165) is 23.5 Å². The molecule has 0 aromatic heterocycles. The van der Waals surface area contributed by atoms with Crippen LogP contribution in [-0.2, 0) is 14.6 Å². The Kier molecular flexibility index (Phi) is 6.24. The van der Waals surface area contributed by atoms with Crippen LogP contribution >= 0.6 is 11.8 Å². The van der Waals surface area contributed by atoms with E-state index in [-0.39, 0.29) is 0 Å². The highest BCUT2D eigenvalue weighted by molar-refractivity contribution is 7.99. The lowest BCUT2D eigenvalue weighted by molar-refractivity contribution is -0.142. The summed E-state index contributed by atoms with van der Waals surface area (Å²) in [5.74, 6) is -0.139. The van der Waals surface area contributed by atoms with E-state index in [1.165, 1.54) is 13.2 Å². The summed E-state index contributed by atoms with van der Waals surface area (Å²) in [4.78, 5) is 12.1. The first-order chi connectivity index (χ1) is 9.63. The third kappa shape index (κ3) is 6.07. The van der Waals surface area contributed by atoms with Gasteiger partial charge in [-0.1, -0.05) is 6.42 Å². The number of benzene rings is 1. The van der Waals surface area contributed by atoms with E-state index in [9.17, 15) is 13.2 Å². The number of carboxylic acid groups (broad SMARTS) is 1. The second kappa shape index (κ2) is 7.29. The molecule has 0 saturated carbocycles. The van der Waals surface area contributed by atoms with E-state index in [2.05, 4.69) is 0 Å². The molecule has 0 radical (unpaired) electrons. The zero-order chi connectivity index (χ0) is 16.1. The highest BCUT2D eigenvalue weighted by Crippen LogP contribution is 2.22. The van der Waals surface area contributed by atoms with Crippen LogP contribution in [0.4, 0.5) is 0 Å². The largest absolute Gasteiger partial charge is 0.480 e. The van der Waals surface area contributed by atoms with Crippen LogP contribution in [0.15, 0.2) is 34.1 Å². The smallest absolute Gasteiger partial charge is 0.323 e. The SMILES string of the molecule is CC(N)(CCCCSc1ccc(S(C)(=O)=O)cc1)C(=O)O. The van der Waals surface area contributed by atoms with Gasteiger partial charge in [-0.05, 0) is 49.8 Å². The molecule has 0 heterocycles. The van der Waals surface area contributed by atoms with Crippen molar-refractivity contribution < 1.29 is 18.3 Å². The summed E-state index contributed by atoms with van der Waals surface area (Å²) in [7, 11) is -3.15. The number of unbranched alkanes of at least 4 members (excludes halogenated alkanes) is 1. The lowest BCUT2D eigenvalue weighted by Crippen LogP contribution is -2.44. The summed E-state index contributed by atoms with van der Waals surface area (Å²) < 4.78 is 22.7. The van der Waals surface area contributed by atoms with Gasteiger partial charge in [-0.15, -0.1) is 11.8 Å². The van der Waals surface area contributed by atoms with Gasteiger partial charge in [0.15, 0.2) is 9.84 Å². The minimum atomic E-state index is -3.15. The fourth-order valence-corrected chi connectivity index (χ4v) is 3.22. The van der Waals surface area contributed by atoms with Crippen LogP contribution in [0.3, 0.4) is 0 Å². The summed E-state index contributed by atoms with van der Waals surface area (Å²) >= 11 is 1.62. The Hall–Kier alpha value is -1.05. The van der Waals surface area contributed by atoms with Crippen LogP contribution in [0.1, 0.15) is 26.2 Å². The predicted octanol–water partition coefficient (Wildman–Crippen LogP) is 2.15. The number of thioether (sulfide) groups is 1. The Bertz CT molecular complexity index is 579. The molecule has 118 valence electrons. The Balaban J connectivity index is 2.35. The van der Waals surface area contributed by atoms with Gasteiger partial charge in [-0.3, -0.25) is 4.79 Å². The van der Waals surface area contributed by atoms with Crippen LogP contribution < -0.4 is 5.73 Å². The molecule has 5 nitrogen and oxygen atoms in total. The molecule has 0 amide bonds. The molecule has 0 aliphatic rings. The number of carboxylic acids is 1. The van der Waals surface area contributed by atoms with E-state index >= 15 is 0 Å². The summed E-state index contributed by atoms with van der Waals surface area (Å²) in [6, 6.07) is 6.76. The maximum absolute atomic E-state index is 11.3. The number of nitrogens with two attached hydrogens (primary N) is 1. The highest BCUT2D eigenvalue weighted by Gasteiger charge is 2.26. The predicted molar refractivity (Wildman–Crippen MR) is 84.4 cm³/mol. The molecule has 1 rings (SSSR count). The van der Waals surface area contributed by atoms with Crippen molar-refractivity contribution in [3.8, 4) is 0 Å². The van der Waals surface area contributed by atoms with E-state index in [0.29, 0.717) is 11.3 Å². The molecule has 1 aromatic rings. The van der Waals surface area contributed by atoms with Gasteiger partial charge in [0.05, 0.1) is 4.90 Å².